The highest BCUT2D eigenvalue weighted by Gasteiger charge is 2.17. The van der Waals surface area contributed by atoms with Crippen molar-refractivity contribution < 1.29 is 0 Å². The highest BCUT2D eigenvalue weighted by molar-refractivity contribution is 5.54. The van der Waals surface area contributed by atoms with Crippen molar-refractivity contribution in [3.05, 3.63) is 29.3 Å². The predicted octanol–water partition coefficient (Wildman–Crippen LogP) is 2.64. The van der Waals surface area contributed by atoms with Gasteiger partial charge in [-0.05, 0) is 43.6 Å². The van der Waals surface area contributed by atoms with Gasteiger partial charge >= 0.3 is 0 Å². The Morgan fingerprint density at radius 2 is 1.85 bits per heavy atom. The molecule has 0 radical (unpaired) electrons. The van der Waals surface area contributed by atoms with Crippen LogP contribution in [0.5, 0.6) is 0 Å². The van der Waals surface area contributed by atoms with Gasteiger partial charge in [0.25, 0.3) is 0 Å². The normalized spacial score (nSPS) is 16.6. The Labute approximate surface area is 124 Å². The van der Waals surface area contributed by atoms with Gasteiger partial charge in [-0.3, -0.25) is 4.90 Å². The maximum atomic E-state index is 3.39. The quantitative estimate of drug-likeness (QED) is 0.861. The minimum Gasteiger partial charge on any atom is -0.369 e. The van der Waals surface area contributed by atoms with E-state index < -0.39 is 0 Å². The second kappa shape index (κ2) is 7.65. The second-order valence-corrected chi connectivity index (χ2v) is 5.73. The van der Waals surface area contributed by atoms with E-state index in [1.165, 1.54) is 42.9 Å². The topological polar surface area (TPSA) is 18.5 Å². The SMILES string of the molecule is CCCN1CCN(c2ccc(CNCC)cc2C)CC1. The fourth-order valence-corrected chi connectivity index (χ4v) is 2.98. The monoisotopic (exact) mass is 275 g/mol. The molecule has 0 aromatic heterocycles. The molecule has 1 saturated heterocycles. The first-order chi connectivity index (χ1) is 9.74. The van der Waals surface area contributed by atoms with Gasteiger partial charge in [-0.1, -0.05) is 26.0 Å². The Bertz CT molecular complexity index is 409. The maximum Gasteiger partial charge on any atom is 0.0397 e. The summed E-state index contributed by atoms with van der Waals surface area (Å²) in [7, 11) is 0. The standard InChI is InChI=1S/C17H29N3/c1-4-8-19-9-11-20(12-10-19)17-7-6-16(13-15(17)3)14-18-5-2/h6-7,13,18H,4-5,8-12,14H2,1-3H3. The van der Waals surface area contributed by atoms with Gasteiger partial charge in [0.05, 0.1) is 0 Å². The average molecular weight is 275 g/mol. The van der Waals surface area contributed by atoms with E-state index in [0.29, 0.717) is 0 Å². The molecule has 112 valence electrons. The van der Waals surface area contributed by atoms with Crippen LogP contribution in [0.3, 0.4) is 0 Å². The number of piperazine rings is 1. The van der Waals surface area contributed by atoms with Crippen molar-refractivity contribution in [3.8, 4) is 0 Å². The summed E-state index contributed by atoms with van der Waals surface area (Å²) in [5.41, 5.74) is 4.21. The van der Waals surface area contributed by atoms with E-state index in [-0.39, 0.29) is 0 Å². The predicted molar refractivity (Wildman–Crippen MR) is 87.5 cm³/mol. The van der Waals surface area contributed by atoms with Gasteiger partial charge in [0, 0.05) is 38.4 Å². The number of benzene rings is 1. The Hall–Kier alpha value is -1.06. The van der Waals surface area contributed by atoms with Gasteiger partial charge in [-0.25, -0.2) is 0 Å². The zero-order valence-corrected chi connectivity index (χ0v) is 13.3. The molecule has 1 aromatic rings. The number of aryl methyl sites for hydroxylation is 1. The van der Waals surface area contributed by atoms with Crippen LogP contribution >= 0.6 is 0 Å². The minimum atomic E-state index is 0.974. The Morgan fingerprint density at radius 3 is 2.45 bits per heavy atom. The third-order valence-corrected chi connectivity index (χ3v) is 4.09. The first-order valence-corrected chi connectivity index (χ1v) is 8.02. The molecule has 1 aliphatic heterocycles. The number of nitrogens with zero attached hydrogens (tertiary/aromatic N) is 2. The van der Waals surface area contributed by atoms with Gasteiger partial charge in [0.2, 0.25) is 0 Å². The third kappa shape index (κ3) is 3.97. The number of nitrogens with one attached hydrogen (secondary N) is 1. The highest BCUT2D eigenvalue weighted by atomic mass is 15.3. The van der Waals surface area contributed by atoms with Crippen molar-refractivity contribution in [1.82, 2.24) is 10.2 Å². The van der Waals surface area contributed by atoms with Crippen LogP contribution in [0.1, 0.15) is 31.4 Å². The molecule has 1 heterocycles. The number of rotatable bonds is 6. The molecule has 0 atom stereocenters. The lowest BCUT2D eigenvalue weighted by Crippen LogP contribution is -2.46. The van der Waals surface area contributed by atoms with Gasteiger partial charge in [-0.2, -0.15) is 0 Å². The lowest BCUT2D eigenvalue weighted by molar-refractivity contribution is 0.258. The molecule has 3 nitrogen and oxygen atoms in total. The van der Waals surface area contributed by atoms with Crippen LogP contribution in [0.2, 0.25) is 0 Å². The molecule has 1 fully saturated rings. The van der Waals surface area contributed by atoms with E-state index in [1.807, 2.05) is 0 Å². The van der Waals surface area contributed by atoms with Crippen molar-refractivity contribution in [2.24, 2.45) is 0 Å². The van der Waals surface area contributed by atoms with Gasteiger partial charge < -0.3 is 10.2 Å². The van der Waals surface area contributed by atoms with Crippen LogP contribution in [0.4, 0.5) is 5.69 Å². The first-order valence-electron chi connectivity index (χ1n) is 8.02. The zero-order valence-electron chi connectivity index (χ0n) is 13.3. The molecular formula is C17H29N3. The molecule has 3 heteroatoms. The molecule has 2 rings (SSSR count). The summed E-state index contributed by atoms with van der Waals surface area (Å²) in [5.74, 6) is 0. The Kier molecular flexibility index (Phi) is 5.86. The van der Waals surface area contributed by atoms with Crippen molar-refractivity contribution in [3.63, 3.8) is 0 Å². The van der Waals surface area contributed by atoms with Crippen LogP contribution in [-0.4, -0.2) is 44.2 Å². The molecule has 20 heavy (non-hydrogen) atoms. The van der Waals surface area contributed by atoms with E-state index in [4.69, 9.17) is 0 Å². The summed E-state index contributed by atoms with van der Waals surface area (Å²) in [4.78, 5) is 5.11. The van der Waals surface area contributed by atoms with Crippen molar-refractivity contribution >= 4 is 5.69 Å². The van der Waals surface area contributed by atoms with E-state index in [0.717, 1.165) is 26.2 Å². The van der Waals surface area contributed by atoms with Crippen molar-refractivity contribution in [1.29, 1.82) is 0 Å². The summed E-state index contributed by atoms with van der Waals surface area (Å²) in [6.07, 6.45) is 1.26. The number of anilines is 1. The minimum absolute atomic E-state index is 0.974. The Morgan fingerprint density at radius 1 is 1.10 bits per heavy atom. The summed E-state index contributed by atoms with van der Waals surface area (Å²) < 4.78 is 0. The van der Waals surface area contributed by atoms with Crippen LogP contribution < -0.4 is 10.2 Å². The number of hydrogen-bond acceptors (Lipinski definition) is 3. The van der Waals surface area contributed by atoms with E-state index in [1.54, 1.807) is 0 Å². The molecule has 0 amide bonds. The van der Waals surface area contributed by atoms with Gasteiger partial charge in [-0.15, -0.1) is 0 Å². The lowest BCUT2D eigenvalue weighted by Gasteiger charge is -2.36. The van der Waals surface area contributed by atoms with Gasteiger partial charge in [0.1, 0.15) is 0 Å². The van der Waals surface area contributed by atoms with Crippen molar-refractivity contribution in [2.45, 2.75) is 33.7 Å². The summed E-state index contributed by atoms with van der Waals surface area (Å²) in [6.45, 7) is 14.6. The zero-order chi connectivity index (χ0) is 14.4. The molecule has 0 unspecified atom stereocenters. The van der Waals surface area contributed by atoms with E-state index in [9.17, 15) is 0 Å². The largest absolute Gasteiger partial charge is 0.369 e. The molecule has 0 saturated carbocycles. The Balaban J connectivity index is 1.96. The molecule has 0 bridgehead atoms. The molecule has 1 aliphatic rings. The van der Waals surface area contributed by atoms with E-state index in [2.05, 4.69) is 54.1 Å². The van der Waals surface area contributed by atoms with Crippen LogP contribution in [0, 0.1) is 6.92 Å². The summed E-state index contributed by atoms with van der Waals surface area (Å²) in [5, 5.41) is 3.39. The third-order valence-electron chi connectivity index (χ3n) is 4.09. The molecule has 0 spiro atoms. The molecule has 1 N–H and O–H groups in total. The van der Waals surface area contributed by atoms with Crippen LogP contribution in [-0.2, 0) is 6.54 Å². The van der Waals surface area contributed by atoms with E-state index >= 15 is 0 Å². The molecule has 0 aliphatic carbocycles. The first kappa shape index (κ1) is 15.3. The average Bonchev–Trinajstić information content (AvgIpc) is 2.47. The smallest absolute Gasteiger partial charge is 0.0397 e. The molecule has 1 aromatic carbocycles. The fourth-order valence-electron chi connectivity index (χ4n) is 2.98. The van der Waals surface area contributed by atoms with Crippen molar-refractivity contribution in [2.75, 3.05) is 44.2 Å². The number of hydrogen-bond donors (Lipinski definition) is 1. The van der Waals surface area contributed by atoms with Crippen LogP contribution in [0.15, 0.2) is 18.2 Å². The second-order valence-electron chi connectivity index (χ2n) is 5.73. The molecular weight excluding hydrogens is 246 g/mol. The van der Waals surface area contributed by atoms with Crippen LogP contribution in [0.25, 0.3) is 0 Å². The lowest BCUT2D eigenvalue weighted by atomic mass is 10.1. The summed E-state index contributed by atoms with van der Waals surface area (Å²) in [6, 6.07) is 6.90. The van der Waals surface area contributed by atoms with Gasteiger partial charge in [0.15, 0.2) is 0 Å². The maximum absolute atomic E-state index is 3.39. The fraction of sp³-hybridized carbons (Fsp3) is 0.647. The highest BCUT2D eigenvalue weighted by Crippen LogP contribution is 2.22. The summed E-state index contributed by atoms with van der Waals surface area (Å²) >= 11 is 0.